The number of aromatic nitrogens is 2. The van der Waals surface area contributed by atoms with Crippen molar-refractivity contribution in [1.29, 1.82) is 0 Å². The number of nitrogens with zero attached hydrogens (tertiary/aromatic N) is 2. The van der Waals surface area contributed by atoms with Crippen molar-refractivity contribution in [2.45, 2.75) is 12.8 Å². The number of fused-ring (bicyclic) bond motifs is 1. The van der Waals surface area contributed by atoms with Crippen LogP contribution >= 0.6 is 0 Å². The smallest absolute Gasteiger partial charge is 0.433 e. The molecule has 0 saturated carbocycles. The number of alkyl halides is 3. The van der Waals surface area contributed by atoms with E-state index in [0.717, 1.165) is 17.4 Å². The van der Waals surface area contributed by atoms with E-state index in [1.165, 1.54) is 12.1 Å². The summed E-state index contributed by atoms with van der Waals surface area (Å²) in [5.41, 5.74) is 1.14. The number of pyridine rings is 1. The van der Waals surface area contributed by atoms with Crippen molar-refractivity contribution in [1.82, 2.24) is 10.1 Å². The van der Waals surface area contributed by atoms with E-state index in [-0.39, 0.29) is 29.5 Å². The molecule has 2 heterocycles. The predicted octanol–water partition coefficient (Wildman–Crippen LogP) is 6.83. The summed E-state index contributed by atoms with van der Waals surface area (Å²) in [4.78, 5) is 16.4. The largest absolute Gasteiger partial charge is 0.497 e. The molecule has 0 saturated heterocycles. The van der Waals surface area contributed by atoms with E-state index >= 15 is 0 Å². The summed E-state index contributed by atoms with van der Waals surface area (Å²) in [5, 5.41) is 9.97. The van der Waals surface area contributed by atoms with Crippen LogP contribution in [0.1, 0.15) is 21.8 Å². The zero-order chi connectivity index (χ0) is 27.4. The molecule has 198 valence electrons. The van der Waals surface area contributed by atoms with Gasteiger partial charge in [-0.25, -0.2) is 4.98 Å². The van der Waals surface area contributed by atoms with E-state index in [1.807, 2.05) is 12.1 Å². The molecule has 0 unspecified atom stereocenters. The van der Waals surface area contributed by atoms with Crippen LogP contribution in [0.4, 0.5) is 30.2 Å². The number of hydrogen-bond donors (Lipinski definition) is 2. The minimum absolute atomic E-state index is 0.0759. The average molecular weight is 534 g/mol. The summed E-state index contributed by atoms with van der Waals surface area (Å²) in [7, 11) is 1.58. The van der Waals surface area contributed by atoms with Crippen LogP contribution in [0.3, 0.4) is 0 Å². The van der Waals surface area contributed by atoms with Crippen molar-refractivity contribution >= 4 is 33.9 Å². The first-order chi connectivity index (χ1) is 18.8. The quantitative estimate of drug-likeness (QED) is 0.225. The maximum Gasteiger partial charge on any atom is 0.433 e. The number of carbonyl (C=O) groups is 1. The Hall–Kier alpha value is -5.06. The Labute approximate surface area is 220 Å². The Bertz CT molecular complexity index is 1620. The van der Waals surface area contributed by atoms with Crippen molar-refractivity contribution in [2.75, 3.05) is 17.7 Å². The number of anilines is 3. The van der Waals surface area contributed by atoms with Gasteiger partial charge in [0.1, 0.15) is 18.1 Å². The van der Waals surface area contributed by atoms with Crippen LogP contribution in [-0.4, -0.2) is 23.2 Å². The molecular weight excluding hydrogens is 513 g/mol. The SMILES string of the molecule is COc1ccc(COc2cc(C(=O)Nc3cccc(Nc4cc(C(F)(F)F)nc5ccccc45)c3)on2)cc1. The van der Waals surface area contributed by atoms with E-state index in [4.69, 9.17) is 14.0 Å². The lowest BCUT2D eigenvalue weighted by Crippen LogP contribution is -2.11. The zero-order valence-corrected chi connectivity index (χ0v) is 20.5. The molecule has 0 aliphatic carbocycles. The van der Waals surface area contributed by atoms with Crippen LogP contribution in [0, 0.1) is 0 Å². The Morgan fingerprint density at radius 2 is 1.72 bits per heavy atom. The van der Waals surface area contributed by atoms with Crippen LogP contribution in [0.25, 0.3) is 10.9 Å². The van der Waals surface area contributed by atoms with E-state index in [2.05, 4.69) is 20.8 Å². The molecule has 0 fully saturated rings. The second-order valence-corrected chi connectivity index (χ2v) is 8.40. The summed E-state index contributed by atoms with van der Waals surface area (Å²) in [6.07, 6.45) is -4.61. The molecule has 0 aliphatic heterocycles. The minimum Gasteiger partial charge on any atom is -0.497 e. The van der Waals surface area contributed by atoms with Crippen LogP contribution in [0.15, 0.2) is 89.5 Å². The fourth-order valence-electron chi connectivity index (χ4n) is 3.76. The molecule has 0 spiro atoms. The highest BCUT2D eigenvalue weighted by Gasteiger charge is 2.33. The van der Waals surface area contributed by atoms with Gasteiger partial charge in [-0.1, -0.05) is 36.4 Å². The molecule has 3 aromatic carbocycles. The van der Waals surface area contributed by atoms with Gasteiger partial charge >= 0.3 is 6.18 Å². The molecule has 0 bridgehead atoms. The standard InChI is InChI=1S/C28H21F3N4O4/c1-37-20-11-9-17(10-12-20)16-38-26-15-24(39-35-26)27(36)33-19-6-4-5-18(13-19)32-23-14-25(28(29,30)31)34-22-8-3-2-7-21(22)23/h2-15H,16H2,1H3,(H,32,34)(H,33,36). The Kier molecular flexibility index (Phi) is 7.04. The zero-order valence-electron chi connectivity index (χ0n) is 20.5. The monoisotopic (exact) mass is 534 g/mol. The van der Waals surface area contributed by atoms with Crippen molar-refractivity contribution in [3.05, 3.63) is 102 Å². The van der Waals surface area contributed by atoms with Gasteiger partial charge in [0.15, 0.2) is 0 Å². The van der Waals surface area contributed by atoms with Gasteiger partial charge in [0.05, 0.1) is 24.4 Å². The molecule has 0 aliphatic rings. The molecule has 2 aromatic heterocycles. The molecule has 0 radical (unpaired) electrons. The van der Waals surface area contributed by atoms with Crippen LogP contribution in [0.5, 0.6) is 11.6 Å². The number of benzene rings is 3. The van der Waals surface area contributed by atoms with Crippen molar-refractivity contribution < 1.29 is 32.0 Å². The summed E-state index contributed by atoms with van der Waals surface area (Å²) < 4.78 is 56.0. The van der Waals surface area contributed by atoms with Crippen molar-refractivity contribution in [2.24, 2.45) is 0 Å². The van der Waals surface area contributed by atoms with Crippen LogP contribution in [0.2, 0.25) is 0 Å². The van der Waals surface area contributed by atoms with Gasteiger partial charge in [0.2, 0.25) is 5.76 Å². The van der Waals surface area contributed by atoms with E-state index < -0.39 is 17.8 Å². The van der Waals surface area contributed by atoms with Gasteiger partial charge in [-0.15, -0.1) is 0 Å². The number of amides is 1. The fraction of sp³-hybridized carbons (Fsp3) is 0.107. The second kappa shape index (κ2) is 10.7. The Morgan fingerprint density at radius 1 is 0.949 bits per heavy atom. The Balaban J connectivity index is 1.27. The number of carbonyl (C=O) groups excluding carboxylic acids is 1. The molecule has 5 rings (SSSR count). The normalized spacial score (nSPS) is 11.3. The summed E-state index contributed by atoms with van der Waals surface area (Å²) in [6.45, 7) is 0.213. The molecular formula is C28H21F3N4O4. The molecule has 11 heteroatoms. The summed E-state index contributed by atoms with van der Waals surface area (Å²) in [6, 6.07) is 22.6. The van der Waals surface area contributed by atoms with Crippen LogP contribution < -0.4 is 20.1 Å². The first kappa shape index (κ1) is 25.6. The summed E-state index contributed by atoms with van der Waals surface area (Å²) in [5.74, 6) is 0.204. The van der Waals surface area contributed by atoms with E-state index in [0.29, 0.717) is 16.8 Å². The first-order valence-corrected chi connectivity index (χ1v) is 11.7. The average Bonchev–Trinajstić information content (AvgIpc) is 3.41. The third-order valence-electron chi connectivity index (χ3n) is 5.66. The third kappa shape index (κ3) is 6.09. The molecule has 8 nitrogen and oxygen atoms in total. The number of methoxy groups -OCH3 is 1. The van der Waals surface area contributed by atoms with E-state index in [9.17, 15) is 18.0 Å². The van der Waals surface area contributed by atoms with Crippen molar-refractivity contribution in [3.63, 3.8) is 0 Å². The third-order valence-corrected chi connectivity index (χ3v) is 5.66. The molecule has 39 heavy (non-hydrogen) atoms. The number of ether oxygens (including phenoxy) is 2. The number of para-hydroxylation sites is 1. The van der Waals surface area contributed by atoms with Gasteiger partial charge < -0.3 is 24.6 Å². The minimum atomic E-state index is -4.61. The van der Waals surface area contributed by atoms with E-state index in [1.54, 1.807) is 61.7 Å². The lowest BCUT2D eigenvalue weighted by atomic mass is 10.1. The lowest BCUT2D eigenvalue weighted by molar-refractivity contribution is -0.140. The Morgan fingerprint density at radius 3 is 2.49 bits per heavy atom. The maximum atomic E-state index is 13.4. The first-order valence-electron chi connectivity index (χ1n) is 11.7. The molecule has 1 amide bonds. The van der Waals surface area contributed by atoms with Gasteiger partial charge in [-0.2, -0.15) is 13.2 Å². The van der Waals surface area contributed by atoms with Gasteiger partial charge in [-0.05, 0) is 53.2 Å². The predicted molar refractivity (Wildman–Crippen MR) is 138 cm³/mol. The fourth-order valence-corrected chi connectivity index (χ4v) is 3.76. The summed E-state index contributed by atoms with van der Waals surface area (Å²) >= 11 is 0. The highest BCUT2D eigenvalue weighted by Crippen LogP contribution is 2.34. The van der Waals surface area contributed by atoms with Crippen LogP contribution in [-0.2, 0) is 12.8 Å². The van der Waals surface area contributed by atoms with Gasteiger partial charge in [-0.3, -0.25) is 4.79 Å². The maximum absolute atomic E-state index is 13.4. The number of nitrogens with one attached hydrogen (secondary N) is 2. The highest BCUT2D eigenvalue weighted by molar-refractivity contribution is 6.02. The number of hydrogen-bond acceptors (Lipinski definition) is 7. The number of halogens is 3. The highest BCUT2D eigenvalue weighted by atomic mass is 19.4. The van der Waals surface area contributed by atoms with Gasteiger partial charge in [0.25, 0.3) is 11.8 Å². The molecule has 5 aromatic rings. The molecule has 2 N–H and O–H groups in total. The molecule has 0 atom stereocenters. The van der Waals surface area contributed by atoms with Crippen molar-refractivity contribution in [3.8, 4) is 11.6 Å². The topological polar surface area (TPSA) is 98.5 Å². The second-order valence-electron chi connectivity index (χ2n) is 8.40. The van der Waals surface area contributed by atoms with Gasteiger partial charge in [0, 0.05) is 16.8 Å². The lowest BCUT2D eigenvalue weighted by Gasteiger charge is -2.14. The number of rotatable bonds is 8.